The lowest BCUT2D eigenvalue weighted by molar-refractivity contribution is -0.384. The van der Waals surface area contributed by atoms with Crippen LogP contribution < -0.4 is 20.2 Å². The van der Waals surface area contributed by atoms with Gasteiger partial charge in [-0.1, -0.05) is 18.2 Å². The average Bonchev–Trinajstić information content (AvgIpc) is 2.92. The van der Waals surface area contributed by atoms with Gasteiger partial charge in [-0.15, -0.1) is 0 Å². The van der Waals surface area contributed by atoms with Crippen molar-refractivity contribution in [1.82, 2.24) is 10.7 Å². The molecule has 0 atom stereocenters. The number of esters is 1. The van der Waals surface area contributed by atoms with Gasteiger partial charge in [0.1, 0.15) is 0 Å². The Morgan fingerprint density at radius 1 is 1.05 bits per heavy atom. The van der Waals surface area contributed by atoms with E-state index in [1.807, 2.05) is 6.07 Å². The second-order valence-corrected chi connectivity index (χ2v) is 8.59. The molecule has 3 aromatic carbocycles. The molecular weight excluding hydrogens is 560 g/mol. The van der Waals surface area contributed by atoms with Gasteiger partial charge in [-0.3, -0.25) is 19.7 Å². The first-order chi connectivity index (χ1) is 18.3. The second-order valence-electron chi connectivity index (χ2n) is 7.74. The molecule has 2 amide bonds. The van der Waals surface area contributed by atoms with Gasteiger partial charge in [-0.05, 0) is 64.3 Å². The number of nitro groups is 1. The van der Waals surface area contributed by atoms with E-state index in [1.54, 1.807) is 30.3 Å². The standard InChI is InChI=1S/C26H23BrN4O7/c1-37-23-14-17(11-12-22(23)38-26(34)18-6-4-7-19(15-18)31(35)36)16-29-30-24(32)10-5-13-28-25(33)20-8-2-3-9-21(20)27/h2-4,6-9,11-12,14-16H,5,10,13H2,1H3,(H,28,33)(H,30,32)/b29-16+. The molecule has 11 nitrogen and oxygen atoms in total. The minimum atomic E-state index is -0.784. The van der Waals surface area contributed by atoms with Crippen LogP contribution in [0.15, 0.2) is 76.3 Å². The van der Waals surface area contributed by atoms with Crippen LogP contribution in [0.25, 0.3) is 0 Å². The van der Waals surface area contributed by atoms with E-state index in [2.05, 4.69) is 31.8 Å². The van der Waals surface area contributed by atoms with Crippen LogP contribution in [0, 0.1) is 10.1 Å². The summed E-state index contributed by atoms with van der Waals surface area (Å²) in [4.78, 5) is 46.9. The Balaban J connectivity index is 1.48. The van der Waals surface area contributed by atoms with Crippen LogP contribution in [0.1, 0.15) is 39.1 Å². The zero-order chi connectivity index (χ0) is 27.5. The van der Waals surface area contributed by atoms with Gasteiger partial charge in [0.25, 0.3) is 11.6 Å². The number of halogens is 1. The molecular formula is C26H23BrN4O7. The Morgan fingerprint density at radius 2 is 1.84 bits per heavy atom. The molecule has 0 fully saturated rings. The summed E-state index contributed by atoms with van der Waals surface area (Å²) in [6, 6.07) is 16.8. The number of hydrogen-bond donors (Lipinski definition) is 2. The summed E-state index contributed by atoms with van der Waals surface area (Å²) in [5.41, 5.74) is 3.26. The van der Waals surface area contributed by atoms with Gasteiger partial charge in [-0.25, -0.2) is 10.2 Å². The van der Waals surface area contributed by atoms with Crippen molar-refractivity contribution in [2.45, 2.75) is 12.8 Å². The first-order valence-electron chi connectivity index (χ1n) is 11.3. The van der Waals surface area contributed by atoms with E-state index in [-0.39, 0.29) is 41.0 Å². The van der Waals surface area contributed by atoms with Crippen LogP contribution in [0.2, 0.25) is 0 Å². The highest BCUT2D eigenvalue weighted by Crippen LogP contribution is 2.28. The normalized spacial score (nSPS) is 10.6. The Kier molecular flexibility index (Phi) is 10.1. The number of nitro benzene ring substituents is 1. The zero-order valence-corrected chi connectivity index (χ0v) is 21.8. The van der Waals surface area contributed by atoms with E-state index in [4.69, 9.17) is 9.47 Å². The molecule has 0 saturated heterocycles. The Morgan fingerprint density at radius 3 is 2.58 bits per heavy atom. The van der Waals surface area contributed by atoms with Crippen molar-refractivity contribution < 1.29 is 28.8 Å². The predicted molar refractivity (Wildman–Crippen MR) is 142 cm³/mol. The number of benzene rings is 3. The maximum atomic E-state index is 12.4. The van der Waals surface area contributed by atoms with E-state index in [0.717, 1.165) is 6.07 Å². The molecule has 0 bridgehead atoms. The summed E-state index contributed by atoms with van der Waals surface area (Å²) in [6.07, 6.45) is 1.97. The molecule has 38 heavy (non-hydrogen) atoms. The van der Waals surface area contributed by atoms with Gasteiger partial charge in [0, 0.05) is 29.6 Å². The topological polar surface area (TPSA) is 149 Å². The number of carbonyl (C=O) groups is 3. The van der Waals surface area contributed by atoms with Crippen LogP contribution in [0.4, 0.5) is 5.69 Å². The highest BCUT2D eigenvalue weighted by Gasteiger charge is 2.16. The van der Waals surface area contributed by atoms with Crippen molar-refractivity contribution in [2.24, 2.45) is 5.10 Å². The van der Waals surface area contributed by atoms with E-state index in [0.29, 0.717) is 28.6 Å². The number of carbonyl (C=O) groups excluding carboxylic acids is 3. The fraction of sp³-hybridized carbons (Fsp3) is 0.154. The first-order valence-corrected chi connectivity index (χ1v) is 12.1. The van der Waals surface area contributed by atoms with Crippen molar-refractivity contribution in [3.05, 3.63) is 98.0 Å². The lowest BCUT2D eigenvalue weighted by Crippen LogP contribution is -2.26. The molecule has 0 aromatic heterocycles. The third kappa shape index (κ3) is 7.96. The van der Waals surface area contributed by atoms with Crippen molar-refractivity contribution in [3.63, 3.8) is 0 Å². The van der Waals surface area contributed by atoms with Crippen molar-refractivity contribution in [1.29, 1.82) is 0 Å². The van der Waals surface area contributed by atoms with Gasteiger partial charge in [0.15, 0.2) is 11.5 Å². The highest BCUT2D eigenvalue weighted by atomic mass is 79.9. The summed E-state index contributed by atoms with van der Waals surface area (Å²) in [5, 5.41) is 17.6. The number of hydrogen-bond acceptors (Lipinski definition) is 8. The van der Waals surface area contributed by atoms with E-state index in [9.17, 15) is 24.5 Å². The smallest absolute Gasteiger partial charge is 0.343 e. The first kappa shape index (κ1) is 28.0. The molecule has 0 radical (unpaired) electrons. The van der Waals surface area contributed by atoms with Crippen LogP contribution >= 0.6 is 15.9 Å². The number of nitrogens with one attached hydrogen (secondary N) is 2. The molecule has 2 N–H and O–H groups in total. The van der Waals surface area contributed by atoms with Gasteiger partial charge in [0.2, 0.25) is 5.91 Å². The number of hydrazone groups is 1. The van der Waals surface area contributed by atoms with Gasteiger partial charge in [-0.2, -0.15) is 5.10 Å². The molecule has 0 aliphatic carbocycles. The molecule has 0 spiro atoms. The molecule has 12 heteroatoms. The monoisotopic (exact) mass is 582 g/mol. The number of methoxy groups -OCH3 is 1. The fourth-order valence-electron chi connectivity index (χ4n) is 3.18. The molecule has 3 aromatic rings. The molecule has 0 aliphatic rings. The Bertz CT molecular complexity index is 1380. The predicted octanol–water partition coefficient (Wildman–Crippen LogP) is 4.25. The van der Waals surface area contributed by atoms with E-state index in [1.165, 1.54) is 37.6 Å². The number of amides is 2. The number of non-ortho nitro benzene ring substituents is 1. The van der Waals surface area contributed by atoms with Gasteiger partial charge < -0.3 is 14.8 Å². The molecule has 196 valence electrons. The average molecular weight is 583 g/mol. The lowest BCUT2D eigenvalue weighted by Gasteiger charge is -2.10. The third-order valence-electron chi connectivity index (χ3n) is 5.07. The maximum absolute atomic E-state index is 12.4. The largest absolute Gasteiger partial charge is 0.493 e. The molecule has 0 saturated carbocycles. The van der Waals surface area contributed by atoms with Crippen LogP contribution in [0.3, 0.4) is 0 Å². The van der Waals surface area contributed by atoms with Crippen molar-refractivity contribution in [3.8, 4) is 11.5 Å². The quantitative estimate of drug-likeness (QED) is 0.0856. The van der Waals surface area contributed by atoms with Gasteiger partial charge in [0.05, 0.1) is 29.4 Å². The fourth-order valence-corrected chi connectivity index (χ4v) is 3.65. The molecule has 0 heterocycles. The number of nitrogens with zero attached hydrogens (tertiary/aromatic N) is 2. The summed E-state index contributed by atoms with van der Waals surface area (Å²) in [7, 11) is 1.39. The van der Waals surface area contributed by atoms with Gasteiger partial charge >= 0.3 is 5.97 Å². The Hall–Kier alpha value is -4.58. The van der Waals surface area contributed by atoms with E-state index < -0.39 is 10.9 Å². The second kappa shape index (κ2) is 13.7. The van der Waals surface area contributed by atoms with Crippen molar-refractivity contribution in [2.75, 3.05) is 13.7 Å². The SMILES string of the molecule is COc1cc(/C=N/NC(=O)CCCNC(=O)c2ccccc2Br)ccc1OC(=O)c1cccc([N+](=O)[O-])c1. The molecule has 3 rings (SSSR count). The summed E-state index contributed by atoms with van der Waals surface area (Å²) < 4.78 is 11.3. The van der Waals surface area contributed by atoms with Crippen LogP contribution in [0.5, 0.6) is 11.5 Å². The molecule has 0 aliphatic heterocycles. The molecule has 0 unspecified atom stereocenters. The third-order valence-corrected chi connectivity index (χ3v) is 5.76. The lowest BCUT2D eigenvalue weighted by atomic mass is 10.2. The Labute approximate surface area is 226 Å². The minimum absolute atomic E-state index is 0.0158. The number of ether oxygens (including phenoxy) is 2. The highest BCUT2D eigenvalue weighted by molar-refractivity contribution is 9.10. The van der Waals surface area contributed by atoms with E-state index >= 15 is 0 Å². The maximum Gasteiger partial charge on any atom is 0.343 e. The van der Waals surface area contributed by atoms with Crippen LogP contribution in [-0.4, -0.2) is 42.6 Å². The zero-order valence-electron chi connectivity index (χ0n) is 20.2. The minimum Gasteiger partial charge on any atom is -0.493 e. The van der Waals surface area contributed by atoms with Crippen LogP contribution in [-0.2, 0) is 4.79 Å². The summed E-state index contributed by atoms with van der Waals surface area (Å²) >= 11 is 3.33. The summed E-state index contributed by atoms with van der Waals surface area (Å²) in [5.74, 6) is -1.02. The number of rotatable bonds is 11. The van der Waals surface area contributed by atoms with Crippen molar-refractivity contribution >= 4 is 45.6 Å². The summed E-state index contributed by atoms with van der Waals surface area (Å²) in [6.45, 7) is 0.324.